The average molecular weight is 432 g/mol. The molecule has 1 amide bonds. The molecule has 0 bridgehead atoms. The first kappa shape index (κ1) is 21.7. The molecule has 7 heteroatoms. The lowest BCUT2D eigenvalue weighted by molar-refractivity contribution is 0.0235. The second-order valence-electron chi connectivity index (χ2n) is 9.17. The number of fused-ring (bicyclic) bond motifs is 1. The molecule has 4 rings (SSSR count). The quantitative estimate of drug-likeness (QED) is 0.629. The second-order valence-corrected chi connectivity index (χ2v) is 9.17. The molecule has 0 saturated carbocycles. The number of benzene rings is 2. The monoisotopic (exact) mass is 431 g/mol. The summed E-state index contributed by atoms with van der Waals surface area (Å²) in [6.07, 6.45) is 1.64. The molecule has 2 heterocycles. The molecule has 1 fully saturated rings. The second kappa shape index (κ2) is 8.91. The summed E-state index contributed by atoms with van der Waals surface area (Å²) in [5.41, 5.74) is 3.18. The summed E-state index contributed by atoms with van der Waals surface area (Å²) in [6.45, 7) is 7.62. The number of carbonyl (C=O) groups is 1. The summed E-state index contributed by atoms with van der Waals surface area (Å²) in [6, 6.07) is 17.9. The van der Waals surface area contributed by atoms with E-state index in [2.05, 4.69) is 22.0 Å². The Bertz CT molecular complexity index is 1140. The first-order chi connectivity index (χ1) is 15.3. The molecule has 1 aliphatic rings. The lowest BCUT2D eigenvalue weighted by Gasteiger charge is -2.28. The number of amides is 1. The number of para-hydroxylation sites is 2. The minimum atomic E-state index is -0.507. The van der Waals surface area contributed by atoms with Gasteiger partial charge in [0.1, 0.15) is 5.60 Å². The van der Waals surface area contributed by atoms with Crippen molar-refractivity contribution in [1.82, 2.24) is 14.5 Å². The van der Waals surface area contributed by atoms with E-state index in [9.17, 15) is 4.79 Å². The minimum Gasteiger partial charge on any atom is -0.444 e. The van der Waals surface area contributed by atoms with Gasteiger partial charge in [-0.1, -0.05) is 24.3 Å². The van der Waals surface area contributed by atoms with Gasteiger partial charge in [-0.05, 0) is 63.4 Å². The molecule has 1 N–H and O–H groups in total. The smallest absolute Gasteiger partial charge is 0.410 e. The fraction of sp³-hybridized carbons (Fsp3) is 0.400. The maximum Gasteiger partial charge on any atom is 0.410 e. The third-order valence-corrected chi connectivity index (χ3v) is 5.58. The van der Waals surface area contributed by atoms with Crippen molar-refractivity contribution in [3.05, 3.63) is 59.7 Å². The minimum absolute atomic E-state index is 0.0630. The Labute approximate surface area is 188 Å². The molecule has 1 saturated heterocycles. The molecule has 1 atom stereocenters. The topological polar surface area (TPSA) is 83.2 Å². The van der Waals surface area contributed by atoms with Crippen LogP contribution in [0.5, 0.6) is 0 Å². The molecule has 32 heavy (non-hydrogen) atoms. The molecule has 7 nitrogen and oxygen atoms in total. The van der Waals surface area contributed by atoms with Gasteiger partial charge in [0.25, 0.3) is 0 Å². The fourth-order valence-electron chi connectivity index (χ4n) is 4.06. The molecule has 2 aromatic carbocycles. The number of likely N-dealkylation sites (tertiary alicyclic amines) is 1. The Hall–Kier alpha value is -3.53. The van der Waals surface area contributed by atoms with E-state index in [1.807, 2.05) is 68.1 Å². The van der Waals surface area contributed by atoms with E-state index in [0.29, 0.717) is 25.2 Å². The van der Waals surface area contributed by atoms with Gasteiger partial charge < -0.3 is 19.5 Å². The van der Waals surface area contributed by atoms with Crippen LogP contribution in [0, 0.1) is 11.3 Å². The molecular formula is C25H29N5O2. The summed E-state index contributed by atoms with van der Waals surface area (Å²) in [5, 5.41) is 12.5. The Balaban J connectivity index is 1.53. The number of anilines is 1. The van der Waals surface area contributed by atoms with Crippen LogP contribution in [0.2, 0.25) is 0 Å². The molecular weight excluding hydrogens is 402 g/mol. The van der Waals surface area contributed by atoms with Crippen molar-refractivity contribution in [2.75, 3.05) is 18.4 Å². The van der Waals surface area contributed by atoms with Crippen molar-refractivity contribution < 1.29 is 9.53 Å². The van der Waals surface area contributed by atoms with Crippen LogP contribution >= 0.6 is 0 Å². The van der Waals surface area contributed by atoms with E-state index >= 15 is 0 Å². The van der Waals surface area contributed by atoms with Crippen LogP contribution < -0.4 is 5.32 Å². The third kappa shape index (κ3) is 4.86. The van der Waals surface area contributed by atoms with Gasteiger partial charge in [0.2, 0.25) is 5.95 Å². The van der Waals surface area contributed by atoms with Gasteiger partial charge in [-0.15, -0.1) is 0 Å². The summed E-state index contributed by atoms with van der Waals surface area (Å²) in [4.78, 5) is 19.2. The van der Waals surface area contributed by atoms with Crippen LogP contribution in [-0.2, 0) is 11.3 Å². The zero-order valence-corrected chi connectivity index (χ0v) is 18.8. The predicted octanol–water partition coefficient (Wildman–Crippen LogP) is 4.77. The maximum absolute atomic E-state index is 12.6. The number of nitriles is 1. The van der Waals surface area contributed by atoms with Crippen LogP contribution in [0.15, 0.2) is 48.5 Å². The number of ether oxygens (including phenoxy) is 1. The number of rotatable bonds is 5. The molecule has 0 unspecified atom stereocenters. The van der Waals surface area contributed by atoms with Crippen molar-refractivity contribution in [2.24, 2.45) is 0 Å². The lowest BCUT2D eigenvalue weighted by Crippen LogP contribution is -2.42. The standard InChI is InChI=1S/C25H29N5O2/c1-25(2,3)32-24(31)29-14-6-7-20(29)16-27-23-28-21-8-4-5-9-22(21)30(23)17-19-12-10-18(15-26)11-13-19/h4-5,8-13,20H,6-7,14,16-17H2,1-3H3,(H,27,28)/t20-/m1/s1. The first-order valence-electron chi connectivity index (χ1n) is 11.0. The highest BCUT2D eigenvalue weighted by molar-refractivity contribution is 5.78. The van der Waals surface area contributed by atoms with Crippen molar-refractivity contribution in [3.63, 3.8) is 0 Å². The number of nitrogens with one attached hydrogen (secondary N) is 1. The molecule has 0 radical (unpaired) electrons. The van der Waals surface area contributed by atoms with Gasteiger partial charge in [-0.25, -0.2) is 9.78 Å². The van der Waals surface area contributed by atoms with E-state index in [-0.39, 0.29) is 12.1 Å². The Morgan fingerprint density at radius 3 is 2.69 bits per heavy atom. The summed E-state index contributed by atoms with van der Waals surface area (Å²) in [5.74, 6) is 0.770. The summed E-state index contributed by atoms with van der Waals surface area (Å²) < 4.78 is 7.73. The average Bonchev–Trinajstić information content (AvgIpc) is 3.36. The van der Waals surface area contributed by atoms with Crippen LogP contribution in [0.3, 0.4) is 0 Å². The molecule has 1 aromatic heterocycles. The zero-order chi connectivity index (χ0) is 22.7. The van der Waals surface area contributed by atoms with E-state index in [0.717, 1.165) is 35.4 Å². The number of aromatic nitrogens is 2. The van der Waals surface area contributed by atoms with E-state index in [1.54, 1.807) is 0 Å². The van der Waals surface area contributed by atoms with E-state index < -0.39 is 5.60 Å². The van der Waals surface area contributed by atoms with Crippen molar-refractivity contribution in [3.8, 4) is 6.07 Å². The largest absolute Gasteiger partial charge is 0.444 e. The molecule has 3 aromatic rings. The highest BCUT2D eigenvalue weighted by Crippen LogP contribution is 2.24. The van der Waals surface area contributed by atoms with Crippen LogP contribution in [0.4, 0.5) is 10.7 Å². The highest BCUT2D eigenvalue weighted by Gasteiger charge is 2.32. The Morgan fingerprint density at radius 1 is 1.22 bits per heavy atom. The van der Waals surface area contributed by atoms with Gasteiger partial charge >= 0.3 is 6.09 Å². The van der Waals surface area contributed by atoms with E-state index in [4.69, 9.17) is 15.0 Å². The van der Waals surface area contributed by atoms with Crippen molar-refractivity contribution >= 4 is 23.1 Å². The molecule has 166 valence electrons. The van der Waals surface area contributed by atoms with Crippen LogP contribution in [-0.4, -0.2) is 45.3 Å². The van der Waals surface area contributed by atoms with Gasteiger partial charge in [0.05, 0.1) is 35.3 Å². The molecule has 0 aliphatic carbocycles. The Morgan fingerprint density at radius 2 is 1.97 bits per heavy atom. The van der Waals surface area contributed by atoms with Gasteiger partial charge in [-0.3, -0.25) is 0 Å². The van der Waals surface area contributed by atoms with Crippen molar-refractivity contribution in [2.45, 2.75) is 51.8 Å². The predicted molar refractivity (Wildman–Crippen MR) is 124 cm³/mol. The normalized spacial score (nSPS) is 16.2. The summed E-state index contributed by atoms with van der Waals surface area (Å²) in [7, 11) is 0. The highest BCUT2D eigenvalue weighted by atomic mass is 16.6. The van der Waals surface area contributed by atoms with Crippen LogP contribution in [0.1, 0.15) is 44.7 Å². The van der Waals surface area contributed by atoms with E-state index in [1.165, 1.54) is 0 Å². The number of carbonyl (C=O) groups excluding carboxylic acids is 1. The van der Waals surface area contributed by atoms with Gasteiger partial charge in [-0.2, -0.15) is 5.26 Å². The number of hydrogen-bond donors (Lipinski definition) is 1. The number of imidazole rings is 1. The maximum atomic E-state index is 12.6. The Kier molecular flexibility index (Phi) is 6.04. The SMILES string of the molecule is CC(C)(C)OC(=O)N1CCC[C@@H]1CNc1nc2ccccc2n1Cc1ccc(C#N)cc1. The number of hydrogen-bond acceptors (Lipinski definition) is 5. The van der Waals surface area contributed by atoms with Gasteiger partial charge in [0, 0.05) is 13.1 Å². The van der Waals surface area contributed by atoms with Crippen molar-refractivity contribution in [1.29, 1.82) is 5.26 Å². The fourth-order valence-corrected chi connectivity index (χ4v) is 4.06. The van der Waals surface area contributed by atoms with Gasteiger partial charge in [0.15, 0.2) is 0 Å². The van der Waals surface area contributed by atoms with Crippen LogP contribution in [0.25, 0.3) is 11.0 Å². The zero-order valence-electron chi connectivity index (χ0n) is 18.8. The molecule has 0 spiro atoms. The summed E-state index contributed by atoms with van der Waals surface area (Å²) >= 11 is 0. The third-order valence-electron chi connectivity index (χ3n) is 5.58. The number of nitrogens with zero attached hydrogens (tertiary/aromatic N) is 4. The molecule has 1 aliphatic heterocycles. The first-order valence-corrected chi connectivity index (χ1v) is 11.0. The lowest BCUT2D eigenvalue weighted by atomic mass is 10.1.